The monoisotopic (exact) mass is 513 g/mol. The molecule has 0 radical (unpaired) electrons. The van der Waals surface area contributed by atoms with Crippen LogP contribution in [0.1, 0.15) is 27.6 Å². The number of anilines is 1. The molecule has 1 aliphatic rings. The number of aliphatic hydroxyl groups is 2. The summed E-state index contributed by atoms with van der Waals surface area (Å²) in [4.78, 5) is 24.7. The maximum absolute atomic E-state index is 13.4. The lowest BCUT2D eigenvalue weighted by Gasteiger charge is -2.38. The van der Waals surface area contributed by atoms with Crippen molar-refractivity contribution in [1.29, 1.82) is 0 Å². The fourth-order valence-corrected chi connectivity index (χ4v) is 4.33. The lowest BCUT2D eigenvalue weighted by molar-refractivity contribution is -0.274. The van der Waals surface area contributed by atoms with Gasteiger partial charge in [0.2, 0.25) is 6.35 Å². The number of fused-ring (bicyclic) bond motifs is 1. The second-order valence-electron chi connectivity index (χ2n) is 7.69. The van der Waals surface area contributed by atoms with Gasteiger partial charge in [0.25, 0.3) is 5.91 Å². The zero-order valence-electron chi connectivity index (χ0n) is 18.7. The first-order valence-corrected chi connectivity index (χ1v) is 11.3. The summed E-state index contributed by atoms with van der Waals surface area (Å²) in [5, 5.41) is 22.3. The van der Waals surface area contributed by atoms with Crippen LogP contribution in [0, 0.1) is 6.92 Å². The van der Waals surface area contributed by atoms with Crippen molar-refractivity contribution < 1.29 is 37.7 Å². The zero-order valence-corrected chi connectivity index (χ0v) is 19.5. The van der Waals surface area contributed by atoms with Gasteiger partial charge in [-0.2, -0.15) is 4.98 Å². The molecule has 1 aromatic carbocycles. The van der Waals surface area contributed by atoms with Crippen molar-refractivity contribution in [3.63, 3.8) is 0 Å². The van der Waals surface area contributed by atoms with E-state index in [1.54, 1.807) is 0 Å². The third-order valence-corrected chi connectivity index (χ3v) is 6.05. The van der Waals surface area contributed by atoms with Gasteiger partial charge in [-0.05, 0) is 25.5 Å². The SMILES string of the molecule is Cc1csc(Cn2c(Oc3cccc(OC(F)(F)F)c3)nc3c2C(=O)N(CCCO)C(O)N3C)n1. The summed E-state index contributed by atoms with van der Waals surface area (Å²) in [5.41, 5.74) is 0.892. The largest absolute Gasteiger partial charge is 0.573 e. The highest BCUT2D eigenvalue weighted by Crippen LogP contribution is 2.36. The van der Waals surface area contributed by atoms with Crippen LogP contribution >= 0.6 is 11.3 Å². The van der Waals surface area contributed by atoms with Gasteiger partial charge in [0, 0.05) is 37.3 Å². The number of aryl methyl sites for hydroxylation is 1. The molecule has 3 heterocycles. The average Bonchev–Trinajstić information content (AvgIpc) is 3.35. The van der Waals surface area contributed by atoms with Crippen molar-refractivity contribution in [3.8, 4) is 17.5 Å². The molecule has 14 heteroatoms. The third kappa shape index (κ3) is 5.33. The fraction of sp³-hybridized carbons (Fsp3) is 0.381. The Morgan fingerprint density at radius 1 is 1.23 bits per heavy atom. The minimum absolute atomic E-state index is 0.00143. The Hall–Kier alpha value is -3.36. The van der Waals surface area contributed by atoms with Crippen LogP contribution in [-0.2, 0) is 6.54 Å². The number of alkyl halides is 3. The summed E-state index contributed by atoms with van der Waals surface area (Å²) >= 11 is 1.36. The molecule has 10 nitrogen and oxygen atoms in total. The van der Waals surface area contributed by atoms with Gasteiger partial charge < -0.3 is 24.6 Å². The molecule has 1 aliphatic heterocycles. The molecule has 1 amide bonds. The van der Waals surface area contributed by atoms with E-state index in [4.69, 9.17) is 4.74 Å². The molecule has 3 aromatic rings. The lowest BCUT2D eigenvalue weighted by Crippen LogP contribution is -2.54. The molecule has 188 valence electrons. The fourth-order valence-electron chi connectivity index (χ4n) is 3.57. The maximum Gasteiger partial charge on any atom is 0.573 e. The zero-order chi connectivity index (χ0) is 25.3. The first-order chi connectivity index (χ1) is 16.6. The Balaban J connectivity index is 1.75. The van der Waals surface area contributed by atoms with E-state index in [1.807, 2.05) is 12.3 Å². The Labute approximate surface area is 201 Å². The van der Waals surface area contributed by atoms with Crippen LogP contribution in [0.3, 0.4) is 0 Å². The quantitative estimate of drug-likeness (QED) is 0.473. The van der Waals surface area contributed by atoms with E-state index in [2.05, 4.69) is 14.7 Å². The molecule has 0 spiro atoms. The Kier molecular flexibility index (Phi) is 6.87. The number of halogens is 3. The Morgan fingerprint density at radius 3 is 2.63 bits per heavy atom. The number of amides is 1. The van der Waals surface area contributed by atoms with Crippen LogP contribution in [0.15, 0.2) is 29.6 Å². The molecule has 0 aliphatic carbocycles. The van der Waals surface area contributed by atoms with E-state index in [0.717, 1.165) is 17.8 Å². The number of aliphatic hydroxyl groups excluding tert-OH is 2. The van der Waals surface area contributed by atoms with Gasteiger partial charge >= 0.3 is 12.4 Å². The van der Waals surface area contributed by atoms with Crippen LogP contribution in [0.4, 0.5) is 19.0 Å². The van der Waals surface area contributed by atoms with Crippen molar-refractivity contribution in [2.75, 3.05) is 25.1 Å². The van der Waals surface area contributed by atoms with Gasteiger partial charge in [0.05, 0.1) is 6.54 Å². The molecule has 0 bridgehead atoms. The van der Waals surface area contributed by atoms with Gasteiger partial charge in [-0.3, -0.25) is 14.3 Å². The van der Waals surface area contributed by atoms with Gasteiger partial charge in [0.15, 0.2) is 11.5 Å². The lowest BCUT2D eigenvalue weighted by atomic mass is 10.2. The van der Waals surface area contributed by atoms with Gasteiger partial charge in [-0.15, -0.1) is 24.5 Å². The normalized spacial score (nSPS) is 16.0. The van der Waals surface area contributed by atoms with Crippen LogP contribution in [-0.4, -0.2) is 68.5 Å². The smallest absolute Gasteiger partial charge is 0.425 e. The first kappa shape index (κ1) is 24.8. The number of ether oxygens (including phenoxy) is 2. The van der Waals surface area contributed by atoms with E-state index in [0.29, 0.717) is 5.01 Å². The molecule has 0 saturated carbocycles. The van der Waals surface area contributed by atoms with E-state index in [9.17, 15) is 28.2 Å². The molecule has 0 fully saturated rings. The van der Waals surface area contributed by atoms with E-state index in [-0.39, 0.29) is 49.4 Å². The number of imidazole rings is 1. The molecular weight excluding hydrogens is 491 g/mol. The number of aromatic nitrogens is 3. The molecule has 0 saturated heterocycles. The van der Waals surface area contributed by atoms with Crippen LogP contribution in [0.25, 0.3) is 0 Å². The van der Waals surface area contributed by atoms with Gasteiger partial charge in [0.1, 0.15) is 16.5 Å². The molecule has 4 rings (SSSR count). The van der Waals surface area contributed by atoms with E-state index in [1.165, 1.54) is 44.9 Å². The minimum Gasteiger partial charge on any atom is -0.425 e. The van der Waals surface area contributed by atoms with Crippen molar-refractivity contribution in [3.05, 3.63) is 46.0 Å². The number of hydrogen-bond acceptors (Lipinski definition) is 9. The molecule has 35 heavy (non-hydrogen) atoms. The third-order valence-electron chi connectivity index (χ3n) is 5.10. The van der Waals surface area contributed by atoms with E-state index >= 15 is 0 Å². The second kappa shape index (κ2) is 9.71. The van der Waals surface area contributed by atoms with Crippen LogP contribution in [0.5, 0.6) is 17.5 Å². The van der Waals surface area contributed by atoms with Crippen molar-refractivity contribution >= 4 is 23.1 Å². The van der Waals surface area contributed by atoms with Crippen LogP contribution < -0.4 is 14.4 Å². The molecular formula is C21H22F3N5O5S. The summed E-state index contributed by atoms with van der Waals surface area (Å²) < 4.78 is 49.1. The summed E-state index contributed by atoms with van der Waals surface area (Å²) in [5.74, 6) is -0.886. The number of carbonyl (C=O) groups excluding carboxylic acids is 1. The van der Waals surface area contributed by atoms with Crippen molar-refractivity contribution in [1.82, 2.24) is 19.4 Å². The predicted molar refractivity (Wildman–Crippen MR) is 119 cm³/mol. The minimum atomic E-state index is -4.87. The average molecular weight is 513 g/mol. The summed E-state index contributed by atoms with van der Waals surface area (Å²) in [6.07, 6.45) is -5.95. The van der Waals surface area contributed by atoms with Gasteiger partial charge in [-0.25, -0.2) is 4.98 Å². The molecule has 1 unspecified atom stereocenters. The van der Waals surface area contributed by atoms with E-state index < -0.39 is 24.4 Å². The molecule has 2 N–H and O–H groups in total. The van der Waals surface area contributed by atoms with Crippen molar-refractivity contribution in [2.45, 2.75) is 32.6 Å². The second-order valence-corrected chi connectivity index (χ2v) is 8.64. The topological polar surface area (TPSA) is 113 Å². The molecule has 1 atom stereocenters. The standard InChI is InChI=1S/C21H22F3N5O5S/c1-12-11-35-15(25-12)10-29-16-17(27(2)20(32)28(18(16)31)7-4-8-30)26-19(29)33-13-5-3-6-14(9-13)34-21(22,23)24/h3,5-6,9,11,20,30,32H,4,7-8,10H2,1-2H3. The van der Waals surface area contributed by atoms with Gasteiger partial charge in [-0.1, -0.05) is 6.07 Å². The molecule has 2 aromatic heterocycles. The predicted octanol–water partition coefficient (Wildman–Crippen LogP) is 2.94. The number of thiazole rings is 1. The Bertz CT molecular complexity index is 1210. The maximum atomic E-state index is 13.4. The summed E-state index contributed by atoms with van der Waals surface area (Å²) in [6, 6.07) is 4.84. The number of carbonyl (C=O) groups is 1. The highest BCUT2D eigenvalue weighted by Gasteiger charge is 2.40. The number of benzene rings is 1. The Morgan fingerprint density at radius 2 is 1.97 bits per heavy atom. The number of hydrogen-bond donors (Lipinski definition) is 2. The summed E-state index contributed by atoms with van der Waals surface area (Å²) in [6.45, 7) is 1.83. The number of rotatable bonds is 8. The highest BCUT2D eigenvalue weighted by atomic mass is 32.1. The van der Waals surface area contributed by atoms with Crippen LogP contribution in [0.2, 0.25) is 0 Å². The van der Waals surface area contributed by atoms with Crippen molar-refractivity contribution in [2.24, 2.45) is 0 Å². The highest BCUT2D eigenvalue weighted by molar-refractivity contribution is 7.09. The number of nitrogens with zero attached hydrogens (tertiary/aromatic N) is 5. The first-order valence-electron chi connectivity index (χ1n) is 10.5. The summed E-state index contributed by atoms with van der Waals surface area (Å²) in [7, 11) is 1.54.